The average Bonchev–Trinajstić information content (AvgIpc) is 3.31. The summed E-state index contributed by atoms with van der Waals surface area (Å²) in [5, 5.41) is 0. The van der Waals surface area contributed by atoms with Crippen molar-refractivity contribution in [2.24, 2.45) is 5.92 Å². The number of H-pyrrole nitrogens is 1. The van der Waals surface area contributed by atoms with E-state index in [0.717, 1.165) is 5.56 Å². The van der Waals surface area contributed by atoms with Crippen LogP contribution in [-0.2, 0) is 6.54 Å². The van der Waals surface area contributed by atoms with Crippen molar-refractivity contribution in [3.63, 3.8) is 0 Å². The molecule has 0 saturated heterocycles. The molecular formula is C15H15N5O2. The number of fused-ring (bicyclic) bond motifs is 1. The fourth-order valence-corrected chi connectivity index (χ4v) is 2.47. The maximum absolute atomic E-state index is 12.0. The Kier molecular flexibility index (Phi) is 2.92. The van der Waals surface area contributed by atoms with Crippen molar-refractivity contribution in [3.8, 4) is 17.0 Å². The Morgan fingerprint density at radius 2 is 2.23 bits per heavy atom. The van der Waals surface area contributed by atoms with Gasteiger partial charge in [0.25, 0.3) is 0 Å². The number of imidazole rings is 1. The van der Waals surface area contributed by atoms with Crippen LogP contribution in [0.3, 0.4) is 0 Å². The van der Waals surface area contributed by atoms with Gasteiger partial charge in [-0.25, -0.2) is 14.8 Å². The summed E-state index contributed by atoms with van der Waals surface area (Å²) in [5.41, 5.74) is 2.41. The molecule has 4 rings (SSSR count). The summed E-state index contributed by atoms with van der Waals surface area (Å²) in [7, 11) is 1.59. The molecule has 0 radical (unpaired) electrons. The Morgan fingerprint density at radius 3 is 3.00 bits per heavy atom. The van der Waals surface area contributed by atoms with Crippen LogP contribution < -0.4 is 10.4 Å². The molecule has 7 heteroatoms. The van der Waals surface area contributed by atoms with Crippen molar-refractivity contribution < 1.29 is 4.74 Å². The third-order valence-electron chi connectivity index (χ3n) is 3.86. The molecule has 1 aliphatic carbocycles. The van der Waals surface area contributed by atoms with E-state index in [1.807, 2.05) is 6.07 Å². The number of methoxy groups -OCH3 is 1. The molecule has 22 heavy (non-hydrogen) atoms. The predicted molar refractivity (Wildman–Crippen MR) is 80.7 cm³/mol. The van der Waals surface area contributed by atoms with Crippen LogP contribution in [0.2, 0.25) is 0 Å². The van der Waals surface area contributed by atoms with Crippen molar-refractivity contribution in [3.05, 3.63) is 35.1 Å². The number of nitrogens with zero attached hydrogens (tertiary/aromatic N) is 4. The van der Waals surface area contributed by atoms with Gasteiger partial charge in [-0.15, -0.1) is 0 Å². The standard InChI is InChI=1S/C15H15N5O2/c1-22-11-4-10(5-16-6-11)12-7-17-14-13(18-12)19-15(21)20(14)8-9-2-3-9/h4-7,9H,2-3,8H2,1H3,(H,18,19,21). The lowest BCUT2D eigenvalue weighted by Crippen LogP contribution is -2.17. The van der Waals surface area contributed by atoms with Gasteiger partial charge < -0.3 is 4.74 Å². The molecule has 3 heterocycles. The first-order valence-corrected chi connectivity index (χ1v) is 7.19. The molecule has 1 fully saturated rings. The first-order chi connectivity index (χ1) is 10.7. The number of ether oxygens (including phenoxy) is 1. The van der Waals surface area contributed by atoms with Crippen molar-refractivity contribution in [1.82, 2.24) is 24.5 Å². The van der Waals surface area contributed by atoms with E-state index in [-0.39, 0.29) is 5.69 Å². The van der Waals surface area contributed by atoms with Crippen LogP contribution >= 0.6 is 0 Å². The quantitative estimate of drug-likeness (QED) is 0.790. The molecule has 0 aromatic carbocycles. The number of nitrogens with one attached hydrogen (secondary N) is 1. The summed E-state index contributed by atoms with van der Waals surface area (Å²) in [6.45, 7) is 0.716. The van der Waals surface area contributed by atoms with E-state index in [1.165, 1.54) is 12.8 Å². The molecule has 112 valence electrons. The van der Waals surface area contributed by atoms with Gasteiger partial charge in [0.15, 0.2) is 11.3 Å². The zero-order chi connectivity index (χ0) is 15.1. The lowest BCUT2D eigenvalue weighted by atomic mass is 10.2. The highest BCUT2D eigenvalue weighted by Crippen LogP contribution is 2.30. The molecule has 1 aliphatic rings. The van der Waals surface area contributed by atoms with Crippen molar-refractivity contribution in [2.75, 3.05) is 7.11 Å². The smallest absolute Gasteiger partial charge is 0.328 e. The minimum atomic E-state index is -0.150. The second-order valence-electron chi connectivity index (χ2n) is 5.53. The average molecular weight is 297 g/mol. The zero-order valence-corrected chi connectivity index (χ0v) is 12.1. The lowest BCUT2D eigenvalue weighted by molar-refractivity contribution is 0.413. The number of pyridine rings is 1. The van der Waals surface area contributed by atoms with Gasteiger partial charge in [-0.3, -0.25) is 14.5 Å². The molecule has 3 aromatic rings. The molecule has 1 saturated carbocycles. The topological polar surface area (TPSA) is 85.7 Å². The van der Waals surface area contributed by atoms with Crippen molar-refractivity contribution in [1.29, 1.82) is 0 Å². The van der Waals surface area contributed by atoms with Crippen LogP contribution in [0, 0.1) is 5.92 Å². The first kappa shape index (κ1) is 13.0. The van der Waals surface area contributed by atoms with Crippen molar-refractivity contribution >= 4 is 11.3 Å². The summed E-state index contributed by atoms with van der Waals surface area (Å²) < 4.78 is 6.84. The number of rotatable bonds is 4. The minimum Gasteiger partial charge on any atom is -0.495 e. The summed E-state index contributed by atoms with van der Waals surface area (Å²) in [5.74, 6) is 1.25. The van der Waals surface area contributed by atoms with Crippen LogP contribution in [-0.4, -0.2) is 31.6 Å². The highest BCUT2D eigenvalue weighted by molar-refractivity contribution is 5.70. The molecule has 1 N–H and O–H groups in total. The number of aromatic nitrogens is 5. The third-order valence-corrected chi connectivity index (χ3v) is 3.86. The van der Waals surface area contributed by atoms with Gasteiger partial charge in [-0.2, -0.15) is 0 Å². The molecule has 7 nitrogen and oxygen atoms in total. The zero-order valence-electron chi connectivity index (χ0n) is 12.1. The van der Waals surface area contributed by atoms with E-state index in [0.29, 0.717) is 35.2 Å². The van der Waals surface area contributed by atoms with Crippen LogP contribution in [0.4, 0.5) is 0 Å². The summed E-state index contributed by atoms with van der Waals surface area (Å²) in [6.07, 6.45) is 7.34. The third kappa shape index (κ3) is 2.24. The van der Waals surface area contributed by atoms with Gasteiger partial charge in [0.2, 0.25) is 0 Å². The second kappa shape index (κ2) is 4.94. The lowest BCUT2D eigenvalue weighted by Gasteiger charge is -2.04. The Hall–Kier alpha value is -2.70. The van der Waals surface area contributed by atoms with Crippen LogP contribution in [0.15, 0.2) is 29.5 Å². The maximum Gasteiger partial charge on any atom is 0.328 e. The van der Waals surface area contributed by atoms with E-state index < -0.39 is 0 Å². The molecule has 3 aromatic heterocycles. The summed E-state index contributed by atoms with van der Waals surface area (Å²) >= 11 is 0. The van der Waals surface area contributed by atoms with Crippen LogP contribution in [0.1, 0.15) is 12.8 Å². The monoisotopic (exact) mass is 297 g/mol. The predicted octanol–water partition coefficient (Wildman–Crippen LogP) is 1.60. The highest BCUT2D eigenvalue weighted by Gasteiger charge is 2.24. The molecule has 0 spiro atoms. The van der Waals surface area contributed by atoms with E-state index >= 15 is 0 Å². The van der Waals surface area contributed by atoms with Gasteiger partial charge >= 0.3 is 5.69 Å². The van der Waals surface area contributed by atoms with E-state index in [1.54, 1.807) is 30.3 Å². The fourth-order valence-electron chi connectivity index (χ4n) is 2.47. The Bertz CT molecular complexity index is 894. The van der Waals surface area contributed by atoms with Gasteiger partial charge in [0, 0.05) is 18.3 Å². The van der Waals surface area contributed by atoms with E-state index in [4.69, 9.17) is 4.74 Å². The Balaban J connectivity index is 1.78. The van der Waals surface area contributed by atoms with E-state index in [2.05, 4.69) is 19.9 Å². The van der Waals surface area contributed by atoms with Gasteiger partial charge in [0.1, 0.15) is 5.75 Å². The van der Waals surface area contributed by atoms with Crippen molar-refractivity contribution in [2.45, 2.75) is 19.4 Å². The van der Waals surface area contributed by atoms with E-state index in [9.17, 15) is 4.79 Å². The number of hydrogen-bond acceptors (Lipinski definition) is 5. The molecule has 0 aliphatic heterocycles. The van der Waals surface area contributed by atoms with Crippen LogP contribution in [0.25, 0.3) is 22.6 Å². The molecule has 0 atom stereocenters. The Morgan fingerprint density at radius 1 is 1.36 bits per heavy atom. The number of aromatic amines is 1. The van der Waals surface area contributed by atoms with Gasteiger partial charge in [-0.1, -0.05) is 0 Å². The molecule has 0 unspecified atom stereocenters. The SMILES string of the molecule is COc1cncc(-c2cnc3c(n2)[nH]c(=O)n3CC2CC2)c1. The minimum absolute atomic E-state index is 0.150. The maximum atomic E-state index is 12.0. The summed E-state index contributed by atoms with van der Waals surface area (Å²) in [6, 6.07) is 1.84. The van der Waals surface area contributed by atoms with Gasteiger partial charge in [0.05, 0.1) is 25.2 Å². The highest BCUT2D eigenvalue weighted by atomic mass is 16.5. The first-order valence-electron chi connectivity index (χ1n) is 7.19. The largest absolute Gasteiger partial charge is 0.495 e. The van der Waals surface area contributed by atoms with Gasteiger partial charge in [-0.05, 0) is 24.8 Å². The van der Waals surface area contributed by atoms with Crippen LogP contribution in [0.5, 0.6) is 5.75 Å². The summed E-state index contributed by atoms with van der Waals surface area (Å²) in [4.78, 5) is 27.8. The molecular weight excluding hydrogens is 282 g/mol. The Labute approximate surface area is 126 Å². The molecule has 0 bridgehead atoms. The fraction of sp³-hybridized carbons (Fsp3) is 0.333. The number of hydrogen-bond donors (Lipinski definition) is 1. The normalized spacial score (nSPS) is 14.4. The second-order valence-corrected chi connectivity index (χ2v) is 5.53. The molecule has 0 amide bonds.